The van der Waals surface area contributed by atoms with Crippen molar-refractivity contribution < 1.29 is 13.6 Å². The van der Waals surface area contributed by atoms with Gasteiger partial charge in [0.15, 0.2) is 9.84 Å². The van der Waals surface area contributed by atoms with Gasteiger partial charge in [0.25, 0.3) is 0 Å². The van der Waals surface area contributed by atoms with E-state index in [1.807, 2.05) is 49.4 Å². The van der Waals surface area contributed by atoms with Gasteiger partial charge in [-0.15, -0.1) is 0 Å². The molecule has 0 heterocycles. The van der Waals surface area contributed by atoms with Gasteiger partial charge in [0.1, 0.15) is 0 Å². The second-order valence-corrected chi connectivity index (χ2v) is 7.80. The van der Waals surface area contributed by atoms with Crippen LogP contribution < -0.4 is 0 Å². The molecule has 4 nitrogen and oxygen atoms in total. The normalized spacial score (nSPS) is 14.8. The molecule has 0 aromatic heterocycles. The molecule has 2 atom stereocenters. The predicted octanol–water partition coefficient (Wildman–Crippen LogP) is 3.86. The van der Waals surface area contributed by atoms with Crippen LogP contribution in [-0.2, 0) is 9.84 Å². The molecule has 2 aromatic carbocycles. The molecule has 0 amide bonds. The lowest BCUT2D eigenvalue weighted by Gasteiger charge is -2.30. The summed E-state index contributed by atoms with van der Waals surface area (Å²) in [4.78, 5) is 0.266. The molecule has 2 rings (SSSR count). The Balaban J connectivity index is 2.54. The van der Waals surface area contributed by atoms with E-state index in [4.69, 9.17) is 0 Å². The summed E-state index contributed by atoms with van der Waals surface area (Å²) in [5.74, 6) is 0. The Kier molecular flexibility index (Phi) is 6.31. The smallest absolute Gasteiger partial charge is 0.183 e. The van der Waals surface area contributed by atoms with Gasteiger partial charge in [-0.1, -0.05) is 60.7 Å². The number of hydrogen-bond acceptors (Lipinski definition) is 4. The maximum Gasteiger partial charge on any atom is 0.183 e. The van der Waals surface area contributed by atoms with Crippen LogP contribution in [-0.4, -0.2) is 31.0 Å². The summed E-state index contributed by atoms with van der Waals surface area (Å²) in [5.41, 5.74) is 0.761. The Morgan fingerprint density at radius 3 is 2.08 bits per heavy atom. The van der Waals surface area contributed by atoms with E-state index >= 15 is 0 Å². The lowest BCUT2D eigenvalue weighted by Crippen LogP contribution is -2.37. The number of hydroxylamine groups is 2. The van der Waals surface area contributed by atoms with Crippen LogP contribution in [0.1, 0.15) is 24.9 Å². The van der Waals surface area contributed by atoms with Crippen molar-refractivity contribution in [3.05, 3.63) is 78.4 Å². The number of rotatable bonds is 7. The number of nitrogens with zero attached hydrogens (tertiary/aromatic N) is 1. The molecule has 0 fully saturated rings. The van der Waals surface area contributed by atoms with Crippen molar-refractivity contribution in [1.82, 2.24) is 5.06 Å². The van der Waals surface area contributed by atoms with Crippen LogP contribution >= 0.6 is 0 Å². The molecule has 0 saturated carbocycles. The zero-order valence-corrected chi connectivity index (χ0v) is 14.7. The van der Waals surface area contributed by atoms with Crippen LogP contribution in [0.5, 0.6) is 0 Å². The molecule has 24 heavy (non-hydrogen) atoms. The van der Waals surface area contributed by atoms with Gasteiger partial charge < -0.3 is 5.21 Å². The number of hydrogen-bond donors (Lipinski definition) is 1. The molecule has 0 unspecified atom stereocenters. The van der Waals surface area contributed by atoms with Crippen molar-refractivity contribution in [2.24, 2.45) is 0 Å². The van der Waals surface area contributed by atoms with Crippen LogP contribution in [0.3, 0.4) is 0 Å². The largest absolute Gasteiger partial charge is 0.314 e. The zero-order chi connectivity index (χ0) is 17.6. The van der Waals surface area contributed by atoms with E-state index in [0.29, 0.717) is 6.42 Å². The van der Waals surface area contributed by atoms with Gasteiger partial charge >= 0.3 is 0 Å². The summed E-state index contributed by atoms with van der Waals surface area (Å²) in [6.45, 7) is 1.85. The van der Waals surface area contributed by atoms with Crippen molar-refractivity contribution in [1.29, 1.82) is 0 Å². The Bertz CT molecular complexity index is 756. The summed E-state index contributed by atoms with van der Waals surface area (Å²) in [6.07, 6.45) is 3.97. The Hall–Kier alpha value is -1.95. The highest BCUT2D eigenvalue weighted by Gasteiger charge is 2.36. The summed E-state index contributed by atoms with van der Waals surface area (Å²) in [5, 5.41) is 10.4. The number of benzene rings is 2. The van der Waals surface area contributed by atoms with E-state index in [1.54, 1.807) is 30.3 Å². The molecule has 128 valence electrons. The molecule has 5 heteroatoms. The standard InChI is InChI=1S/C19H23NO3S/c1-3-4-15-18(24(22,23)17-13-9-6-10-14-17)19(20(2)21)16-11-7-5-8-12-16/h3-14,18-19,21H,15H2,1-2H3/b4-3+/t18-,19-/m0/s1. The van der Waals surface area contributed by atoms with Gasteiger partial charge in [-0.2, -0.15) is 5.06 Å². The van der Waals surface area contributed by atoms with Crippen LogP contribution in [0, 0.1) is 0 Å². The van der Waals surface area contributed by atoms with Crippen LogP contribution in [0.15, 0.2) is 77.7 Å². The number of allylic oxidation sites excluding steroid dienone is 2. The molecule has 1 N–H and O–H groups in total. The van der Waals surface area contributed by atoms with E-state index in [9.17, 15) is 13.6 Å². The Morgan fingerprint density at radius 1 is 1.04 bits per heavy atom. The van der Waals surface area contributed by atoms with E-state index in [-0.39, 0.29) is 4.90 Å². The quantitative estimate of drug-likeness (QED) is 0.611. The van der Waals surface area contributed by atoms with E-state index in [1.165, 1.54) is 7.05 Å². The first-order chi connectivity index (χ1) is 11.5. The summed E-state index contributed by atoms with van der Waals surface area (Å²) < 4.78 is 26.4. The van der Waals surface area contributed by atoms with Gasteiger partial charge in [0.2, 0.25) is 0 Å². The van der Waals surface area contributed by atoms with Gasteiger partial charge in [0, 0.05) is 7.05 Å². The summed E-state index contributed by atoms with van der Waals surface area (Å²) in [7, 11) is -2.13. The third-order valence-electron chi connectivity index (χ3n) is 3.97. The molecule has 0 spiro atoms. The SMILES string of the molecule is C/C=C/C[C@@H]([C@H](c1ccccc1)N(C)O)S(=O)(=O)c1ccccc1. The second-order valence-electron chi connectivity index (χ2n) is 5.63. The Morgan fingerprint density at radius 2 is 1.58 bits per heavy atom. The van der Waals surface area contributed by atoms with Crippen molar-refractivity contribution in [2.45, 2.75) is 29.5 Å². The average Bonchev–Trinajstić information content (AvgIpc) is 2.59. The maximum atomic E-state index is 13.2. The molecule has 0 bridgehead atoms. The van der Waals surface area contributed by atoms with E-state index < -0.39 is 21.1 Å². The minimum atomic E-state index is -3.62. The summed E-state index contributed by atoms with van der Waals surface area (Å²) in [6, 6.07) is 16.9. The highest BCUT2D eigenvalue weighted by atomic mass is 32.2. The predicted molar refractivity (Wildman–Crippen MR) is 95.6 cm³/mol. The molecule has 0 aliphatic heterocycles. The first-order valence-electron chi connectivity index (χ1n) is 7.85. The van der Waals surface area contributed by atoms with Gasteiger partial charge in [0.05, 0.1) is 16.2 Å². The van der Waals surface area contributed by atoms with E-state index in [0.717, 1.165) is 10.6 Å². The molecular formula is C19H23NO3S. The molecule has 2 aromatic rings. The fourth-order valence-electron chi connectivity index (χ4n) is 2.80. The van der Waals surface area contributed by atoms with E-state index in [2.05, 4.69) is 0 Å². The third kappa shape index (κ3) is 4.12. The molecule has 0 aliphatic carbocycles. The first-order valence-corrected chi connectivity index (χ1v) is 9.40. The molecule has 0 aliphatic rings. The maximum absolute atomic E-state index is 13.2. The topological polar surface area (TPSA) is 57.6 Å². The highest BCUT2D eigenvalue weighted by molar-refractivity contribution is 7.92. The first kappa shape index (κ1) is 18.4. The minimum Gasteiger partial charge on any atom is -0.314 e. The highest BCUT2D eigenvalue weighted by Crippen LogP contribution is 2.32. The molecule has 0 saturated heterocycles. The van der Waals surface area contributed by atoms with Gasteiger partial charge in [-0.3, -0.25) is 0 Å². The lowest BCUT2D eigenvalue weighted by molar-refractivity contribution is -0.105. The fraction of sp³-hybridized carbons (Fsp3) is 0.263. The molecule has 0 radical (unpaired) electrons. The zero-order valence-electron chi connectivity index (χ0n) is 13.9. The summed E-state index contributed by atoms with van der Waals surface area (Å²) >= 11 is 0. The second kappa shape index (κ2) is 8.24. The molecular weight excluding hydrogens is 322 g/mol. The van der Waals surface area contributed by atoms with Gasteiger partial charge in [-0.05, 0) is 31.0 Å². The minimum absolute atomic E-state index is 0.266. The van der Waals surface area contributed by atoms with Gasteiger partial charge in [-0.25, -0.2) is 8.42 Å². The average molecular weight is 345 g/mol. The third-order valence-corrected chi connectivity index (χ3v) is 6.15. The lowest BCUT2D eigenvalue weighted by atomic mass is 10.0. The van der Waals surface area contributed by atoms with Crippen LogP contribution in [0.2, 0.25) is 0 Å². The van der Waals surface area contributed by atoms with Crippen molar-refractivity contribution in [2.75, 3.05) is 7.05 Å². The fourth-order valence-corrected chi connectivity index (χ4v) is 4.72. The number of sulfone groups is 1. The van der Waals surface area contributed by atoms with Crippen molar-refractivity contribution in [3.63, 3.8) is 0 Å². The monoisotopic (exact) mass is 345 g/mol. The van der Waals surface area contributed by atoms with Crippen LogP contribution in [0.4, 0.5) is 0 Å². The Labute approximate surface area is 143 Å². The van der Waals surface area contributed by atoms with Crippen molar-refractivity contribution >= 4 is 9.84 Å². The van der Waals surface area contributed by atoms with Crippen LogP contribution in [0.25, 0.3) is 0 Å². The van der Waals surface area contributed by atoms with Crippen molar-refractivity contribution in [3.8, 4) is 0 Å².